The molecule has 1 amide bonds. The number of ether oxygens (including phenoxy) is 2. The molecular formula is C16H22N2O4. The lowest BCUT2D eigenvalue weighted by Crippen LogP contribution is -2.49. The average molecular weight is 306 g/mol. The van der Waals surface area contributed by atoms with Crippen molar-refractivity contribution in [3.05, 3.63) is 24.3 Å². The minimum Gasteiger partial charge on any atom is -0.486 e. The largest absolute Gasteiger partial charge is 0.486 e. The van der Waals surface area contributed by atoms with Crippen molar-refractivity contribution < 1.29 is 19.4 Å². The van der Waals surface area contributed by atoms with E-state index in [9.17, 15) is 9.90 Å². The number of aliphatic hydroxyl groups excluding tert-OH is 1. The third-order valence-electron chi connectivity index (χ3n) is 4.31. The van der Waals surface area contributed by atoms with Crippen molar-refractivity contribution in [1.82, 2.24) is 4.90 Å². The Hall–Kier alpha value is -1.79. The van der Waals surface area contributed by atoms with Crippen LogP contribution in [0.25, 0.3) is 0 Å². The molecule has 3 N–H and O–H groups in total. The molecule has 2 aliphatic rings. The number of carbonyl (C=O) groups excluding carboxylic acids is 1. The highest BCUT2D eigenvalue weighted by Crippen LogP contribution is 2.31. The highest BCUT2D eigenvalue weighted by Gasteiger charge is 2.31. The van der Waals surface area contributed by atoms with E-state index >= 15 is 0 Å². The summed E-state index contributed by atoms with van der Waals surface area (Å²) in [5.74, 6) is 0.810. The zero-order valence-electron chi connectivity index (χ0n) is 12.5. The molecule has 1 fully saturated rings. The number of hydrogen-bond donors (Lipinski definition) is 2. The average Bonchev–Trinajstić information content (AvgIpc) is 2.54. The molecule has 0 saturated carbocycles. The molecule has 1 saturated heterocycles. The number of primary amides is 1. The van der Waals surface area contributed by atoms with E-state index in [0.29, 0.717) is 13.2 Å². The Kier molecular flexibility index (Phi) is 4.49. The van der Waals surface area contributed by atoms with Gasteiger partial charge in [0.1, 0.15) is 18.8 Å². The molecule has 6 nitrogen and oxygen atoms in total. The van der Waals surface area contributed by atoms with Crippen LogP contribution in [0.5, 0.6) is 11.5 Å². The molecule has 3 atom stereocenters. The standard InChI is InChI=1S/C16H22N2O4/c17-16(20)15(19)11-4-3-7-18(8-11)9-12-10-21-13-5-1-2-6-14(13)22-12/h1-2,5-6,11-12,15,19H,3-4,7-10H2,(H2,17,20)/t11-,12-,15?/m0/s1. The van der Waals surface area contributed by atoms with Crippen LogP contribution in [0.3, 0.4) is 0 Å². The summed E-state index contributed by atoms with van der Waals surface area (Å²) in [5, 5.41) is 9.85. The molecule has 0 aromatic heterocycles. The van der Waals surface area contributed by atoms with E-state index < -0.39 is 12.0 Å². The summed E-state index contributed by atoms with van der Waals surface area (Å²) in [5.41, 5.74) is 5.20. The zero-order chi connectivity index (χ0) is 15.5. The lowest BCUT2D eigenvalue weighted by molar-refractivity contribution is -0.130. The number of nitrogens with zero attached hydrogens (tertiary/aromatic N) is 1. The second kappa shape index (κ2) is 6.54. The van der Waals surface area contributed by atoms with E-state index in [4.69, 9.17) is 15.2 Å². The first-order valence-electron chi connectivity index (χ1n) is 7.71. The molecule has 0 spiro atoms. The number of fused-ring (bicyclic) bond motifs is 1. The molecule has 1 unspecified atom stereocenters. The molecule has 22 heavy (non-hydrogen) atoms. The predicted octanol–water partition coefficient (Wildman–Crippen LogP) is 0.385. The maximum absolute atomic E-state index is 11.1. The Labute approximate surface area is 129 Å². The van der Waals surface area contributed by atoms with Gasteiger partial charge in [-0.1, -0.05) is 12.1 Å². The van der Waals surface area contributed by atoms with Crippen LogP contribution in [0, 0.1) is 5.92 Å². The summed E-state index contributed by atoms with van der Waals surface area (Å²) in [6.07, 6.45) is 0.663. The Morgan fingerprint density at radius 3 is 2.95 bits per heavy atom. The molecule has 120 valence electrons. The number of benzene rings is 1. The molecule has 6 heteroatoms. The number of piperidine rings is 1. The van der Waals surface area contributed by atoms with Gasteiger partial charge in [-0.3, -0.25) is 9.69 Å². The minimum absolute atomic E-state index is 0.0422. The van der Waals surface area contributed by atoms with E-state index in [1.165, 1.54) is 0 Å². The number of nitrogens with two attached hydrogens (primary N) is 1. The van der Waals surface area contributed by atoms with Gasteiger partial charge >= 0.3 is 0 Å². The number of carbonyl (C=O) groups is 1. The van der Waals surface area contributed by atoms with E-state index in [-0.39, 0.29) is 12.0 Å². The molecule has 2 heterocycles. The summed E-state index contributed by atoms with van der Waals surface area (Å²) < 4.78 is 11.7. The number of likely N-dealkylation sites (tertiary alicyclic amines) is 1. The molecular weight excluding hydrogens is 284 g/mol. The van der Waals surface area contributed by atoms with Gasteiger partial charge in [0.25, 0.3) is 0 Å². The first-order valence-corrected chi connectivity index (χ1v) is 7.71. The van der Waals surface area contributed by atoms with Crippen LogP contribution >= 0.6 is 0 Å². The predicted molar refractivity (Wildman–Crippen MR) is 80.7 cm³/mol. The number of para-hydroxylation sites is 2. The van der Waals surface area contributed by atoms with Gasteiger partial charge in [-0.25, -0.2) is 0 Å². The van der Waals surface area contributed by atoms with E-state index in [1.54, 1.807) is 0 Å². The van der Waals surface area contributed by atoms with E-state index in [2.05, 4.69) is 4.90 Å². The van der Waals surface area contributed by atoms with Gasteiger partial charge in [-0.2, -0.15) is 0 Å². The molecule has 0 radical (unpaired) electrons. The van der Waals surface area contributed by atoms with Gasteiger partial charge < -0.3 is 20.3 Å². The monoisotopic (exact) mass is 306 g/mol. The summed E-state index contributed by atoms with van der Waals surface area (Å²) in [6, 6.07) is 7.64. The van der Waals surface area contributed by atoms with Crippen molar-refractivity contribution in [3.8, 4) is 11.5 Å². The zero-order valence-corrected chi connectivity index (χ0v) is 12.5. The van der Waals surface area contributed by atoms with Crippen LogP contribution in [-0.2, 0) is 4.79 Å². The first kappa shape index (κ1) is 15.1. The second-order valence-electron chi connectivity index (χ2n) is 6.01. The van der Waals surface area contributed by atoms with Crippen molar-refractivity contribution in [2.24, 2.45) is 11.7 Å². The molecule has 0 bridgehead atoms. The van der Waals surface area contributed by atoms with Crippen LogP contribution in [0.2, 0.25) is 0 Å². The normalized spacial score (nSPS) is 26.4. The lowest BCUT2D eigenvalue weighted by atomic mass is 9.92. The van der Waals surface area contributed by atoms with Crippen molar-refractivity contribution >= 4 is 5.91 Å². The first-order chi connectivity index (χ1) is 10.6. The third-order valence-corrected chi connectivity index (χ3v) is 4.31. The van der Waals surface area contributed by atoms with Gasteiger partial charge in [0.05, 0.1) is 0 Å². The molecule has 1 aromatic rings. The highest BCUT2D eigenvalue weighted by atomic mass is 16.6. The fourth-order valence-corrected chi connectivity index (χ4v) is 3.19. The molecule has 0 aliphatic carbocycles. The Morgan fingerprint density at radius 1 is 1.41 bits per heavy atom. The van der Waals surface area contributed by atoms with Crippen LogP contribution in [-0.4, -0.2) is 54.4 Å². The van der Waals surface area contributed by atoms with E-state index in [1.807, 2.05) is 24.3 Å². The van der Waals surface area contributed by atoms with Gasteiger partial charge in [-0.15, -0.1) is 0 Å². The lowest BCUT2D eigenvalue weighted by Gasteiger charge is -2.37. The fraction of sp³-hybridized carbons (Fsp3) is 0.562. The second-order valence-corrected chi connectivity index (χ2v) is 6.01. The van der Waals surface area contributed by atoms with Gasteiger partial charge in [0, 0.05) is 19.0 Å². The van der Waals surface area contributed by atoms with Crippen LogP contribution < -0.4 is 15.2 Å². The van der Waals surface area contributed by atoms with Gasteiger partial charge in [0.2, 0.25) is 5.91 Å². The maximum atomic E-state index is 11.1. The van der Waals surface area contributed by atoms with Gasteiger partial charge in [-0.05, 0) is 31.5 Å². The van der Waals surface area contributed by atoms with Crippen LogP contribution in [0.4, 0.5) is 0 Å². The molecule has 2 aliphatic heterocycles. The summed E-state index contributed by atoms with van der Waals surface area (Å²) in [4.78, 5) is 13.4. The Balaban J connectivity index is 1.56. The molecule has 1 aromatic carbocycles. The smallest absolute Gasteiger partial charge is 0.246 e. The third kappa shape index (κ3) is 3.34. The van der Waals surface area contributed by atoms with Crippen molar-refractivity contribution in [1.29, 1.82) is 0 Å². The van der Waals surface area contributed by atoms with Crippen molar-refractivity contribution in [2.75, 3.05) is 26.2 Å². The summed E-state index contributed by atoms with van der Waals surface area (Å²) >= 11 is 0. The number of aliphatic hydroxyl groups is 1. The SMILES string of the molecule is NC(=O)C(O)[C@H]1CCCN(C[C@H]2COc3ccccc3O2)C1. The number of hydrogen-bond acceptors (Lipinski definition) is 5. The molecule has 3 rings (SSSR count). The van der Waals surface area contributed by atoms with Crippen molar-refractivity contribution in [3.63, 3.8) is 0 Å². The minimum atomic E-state index is -1.06. The summed E-state index contributed by atoms with van der Waals surface area (Å²) in [7, 11) is 0. The number of rotatable bonds is 4. The Morgan fingerprint density at radius 2 is 2.18 bits per heavy atom. The quantitative estimate of drug-likeness (QED) is 0.840. The highest BCUT2D eigenvalue weighted by molar-refractivity contribution is 5.78. The van der Waals surface area contributed by atoms with E-state index in [0.717, 1.165) is 37.4 Å². The topological polar surface area (TPSA) is 85.0 Å². The maximum Gasteiger partial charge on any atom is 0.246 e. The van der Waals surface area contributed by atoms with Crippen molar-refractivity contribution in [2.45, 2.75) is 25.0 Å². The summed E-state index contributed by atoms with van der Waals surface area (Å²) in [6.45, 7) is 2.82. The van der Waals surface area contributed by atoms with Crippen LogP contribution in [0.15, 0.2) is 24.3 Å². The Bertz CT molecular complexity index is 537. The number of amides is 1. The van der Waals surface area contributed by atoms with Crippen LogP contribution in [0.1, 0.15) is 12.8 Å². The van der Waals surface area contributed by atoms with Gasteiger partial charge in [0.15, 0.2) is 11.5 Å². The fourth-order valence-electron chi connectivity index (χ4n) is 3.19.